The fourth-order valence-electron chi connectivity index (χ4n) is 4.13. The summed E-state index contributed by atoms with van der Waals surface area (Å²) in [6.07, 6.45) is 6.04. The second-order valence-electron chi connectivity index (χ2n) is 8.26. The van der Waals surface area contributed by atoms with Gasteiger partial charge in [-0.3, -0.25) is 14.3 Å². The van der Waals surface area contributed by atoms with Crippen LogP contribution in [-0.2, 0) is 11.3 Å². The van der Waals surface area contributed by atoms with Crippen molar-refractivity contribution in [3.63, 3.8) is 0 Å². The van der Waals surface area contributed by atoms with Gasteiger partial charge in [-0.1, -0.05) is 43.3 Å². The highest BCUT2D eigenvalue weighted by Gasteiger charge is 2.23. The molecule has 0 bridgehead atoms. The van der Waals surface area contributed by atoms with E-state index in [0.29, 0.717) is 5.75 Å². The first-order valence-corrected chi connectivity index (χ1v) is 11.8. The van der Waals surface area contributed by atoms with Gasteiger partial charge >= 0.3 is 0 Å². The molecule has 1 aromatic carbocycles. The van der Waals surface area contributed by atoms with E-state index in [2.05, 4.69) is 38.7 Å². The average molecular weight is 414 g/mol. The number of hydrogen-bond donors (Lipinski definition) is 0. The van der Waals surface area contributed by atoms with Crippen LogP contribution < -0.4 is 0 Å². The molecule has 0 atom stereocenters. The first kappa shape index (κ1) is 20.4. The zero-order valence-electron chi connectivity index (χ0n) is 17.3. The summed E-state index contributed by atoms with van der Waals surface area (Å²) < 4.78 is 2.13. The molecule has 1 aromatic heterocycles. The molecule has 7 heteroatoms. The molecule has 156 valence electrons. The number of likely N-dealkylation sites (tertiary alicyclic amines) is 2. The molecule has 0 unspecified atom stereocenters. The molecule has 6 nitrogen and oxygen atoms in total. The van der Waals surface area contributed by atoms with E-state index in [-0.39, 0.29) is 5.91 Å². The third-order valence-electron chi connectivity index (χ3n) is 5.99. The van der Waals surface area contributed by atoms with Crippen molar-refractivity contribution in [2.45, 2.75) is 50.7 Å². The van der Waals surface area contributed by atoms with E-state index >= 15 is 0 Å². The summed E-state index contributed by atoms with van der Waals surface area (Å²) in [6, 6.07) is 10.3. The maximum Gasteiger partial charge on any atom is 0.233 e. The summed E-state index contributed by atoms with van der Waals surface area (Å²) >= 11 is 1.51. The summed E-state index contributed by atoms with van der Waals surface area (Å²) in [5.74, 6) is 2.32. The molecule has 3 heterocycles. The van der Waals surface area contributed by atoms with Crippen molar-refractivity contribution in [2.24, 2.45) is 5.92 Å². The Labute approximate surface area is 177 Å². The highest BCUT2D eigenvalue weighted by Crippen LogP contribution is 2.25. The van der Waals surface area contributed by atoms with Gasteiger partial charge in [0.2, 0.25) is 5.91 Å². The minimum absolute atomic E-state index is 0.210. The SMILES string of the molecule is CC1CCN(C(=O)CSc2nnc(CN3CCCCC3)n2-c2ccccc2)CC1. The number of piperidine rings is 2. The number of amides is 1. The largest absolute Gasteiger partial charge is 0.342 e. The molecule has 0 N–H and O–H groups in total. The third-order valence-corrected chi connectivity index (χ3v) is 6.90. The third kappa shape index (κ3) is 5.20. The van der Waals surface area contributed by atoms with E-state index in [1.165, 1.54) is 31.0 Å². The molecule has 1 amide bonds. The van der Waals surface area contributed by atoms with E-state index < -0.39 is 0 Å². The van der Waals surface area contributed by atoms with Crippen LogP contribution >= 0.6 is 11.8 Å². The summed E-state index contributed by atoms with van der Waals surface area (Å²) in [5, 5.41) is 9.79. The van der Waals surface area contributed by atoms with Crippen molar-refractivity contribution >= 4 is 17.7 Å². The van der Waals surface area contributed by atoms with Crippen LogP contribution in [0.5, 0.6) is 0 Å². The number of benzene rings is 1. The fraction of sp³-hybridized carbons (Fsp3) is 0.591. The Bertz CT molecular complexity index is 795. The molecule has 2 saturated heterocycles. The number of para-hydroxylation sites is 1. The van der Waals surface area contributed by atoms with Crippen LogP contribution in [0.25, 0.3) is 5.69 Å². The van der Waals surface area contributed by atoms with Crippen molar-refractivity contribution in [1.82, 2.24) is 24.6 Å². The summed E-state index contributed by atoms with van der Waals surface area (Å²) in [7, 11) is 0. The number of rotatable bonds is 6. The lowest BCUT2D eigenvalue weighted by molar-refractivity contribution is -0.129. The van der Waals surface area contributed by atoms with Crippen LogP contribution in [0.1, 0.15) is 44.9 Å². The van der Waals surface area contributed by atoms with Gasteiger partial charge in [-0.2, -0.15) is 0 Å². The Morgan fingerprint density at radius 1 is 1.03 bits per heavy atom. The summed E-state index contributed by atoms with van der Waals surface area (Å²) in [6.45, 7) is 7.08. The van der Waals surface area contributed by atoms with E-state index in [1.54, 1.807) is 0 Å². The van der Waals surface area contributed by atoms with Crippen molar-refractivity contribution in [3.05, 3.63) is 36.2 Å². The summed E-state index contributed by atoms with van der Waals surface area (Å²) in [4.78, 5) is 17.2. The minimum atomic E-state index is 0.210. The van der Waals surface area contributed by atoms with E-state index in [1.807, 2.05) is 23.1 Å². The number of hydrogen-bond acceptors (Lipinski definition) is 5. The van der Waals surface area contributed by atoms with Gasteiger partial charge in [0.25, 0.3) is 0 Å². The lowest BCUT2D eigenvalue weighted by atomic mass is 9.99. The van der Waals surface area contributed by atoms with Gasteiger partial charge in [-0.25, -0.2) is 0 Å². The Morgan fingerprint density at radius 3 is 2.48 bits per heavy atom. The number of thioether (sulfide) groups is 1. The minimum Gasteiger partial charge on any atom is -0.342 e. The molecule has 2 fully saturated rings. The van der Waals surface area contributed by atoms with Crippen LogP contribution in [0, 0.1) is 5.92 Å². The van der Waals surface area contributed by atoms with Gasteiger partial charge in [0.15, 0.2) is 11.0 Å². The van der Waals surface area contributed by atoms with Gasteiger partial charge in [-0.05, 0) is 56.8 Å². The predicted molar refractivity (Wildman–Crippen MR) is 116 cm³/mol. The molecule has 0 spiro atoms. The lowest BCUT2D eigenvalue weighted by Crippen LogP contribution is -2.38. The van der Waals surface area contributed by atoms with Gasteiger partial charge in [-0.15, -0.1) is 10.2 Å². The Hall–Kier alpha value is -1.86. The van der Waals surface area contributed by atoms with E-state index in [9.17, 15) is 4.79 Å². The molecule has 2 aliphatic rings. The molecular formula is C22H31N5OS. The Kier molecular flexibility index (Phi) is 6.87. The highest BCUT2D eigenvalue weighted by molar-refractivity contribution is 7.99. The van der Waals surface area contributed by atoms with Crippen molar-refractivity contribution in [2.75, 3.05) is 31.9 Å². The van der Waals surface area contributed by atoms with Gasteiger partial charge in [0, 0.05) is 18.8 Å². The maximum atomic E-state index is 12.7. The number of aromatic nitrogens is 3. The van der Waals surface area contributed by atoms with Crippen molar-refractivity contribution < 1.29 is 4.79 Å². The molecule has 29 heavy (non-hydrogen) atoms. The lowest BCUT2D eigenvalue weighted by Gasteiger charge is -2.30. The van der Waals surface area contributed by atoms with Crippen LogP contribution in [-0.4, -0.2) is 62.4 Å². The monoisotopic (exact) mass is 413 g/mol. The van der Waals surface area contributed by atoms with Gasteiger partial charge in [0.1, 0.15) is 0 Å². The topological polar surface area (TPSA) is 54.3 Å². The number of nitrogens with zero attached hydrogens (tertiary/aromatic N) is 5. The number of carbonyl (C=O) groups is 1. The smallest absolute Gasteiger partial charge is 0.233 e. The van der Waals surface area contributed by atoms with E-state index in [0.717, 1.165) is 68.2 Å². The molecular weight excluding hydrogens is 382 g/mol. The standard InChI is InChI=1S/C22H31N5OS/c1-18-10-14-26(15-11-18)21(28)17-29-22-24-23-20(16-25-12-6-3-7-13-25)27(22)19-8-4-2-5-9-19/h2,4-5,8-9,18H,3,6-7,10-17H2,1H3. The molecule has 0 saturated carbocycles. The molecule has 0 aliphatic carbocycles. The maximum absolute atomic E-state index is 12.7. The molecule has 0 radical (unpaired) electrons. The second kappa shape index (κ2) is 9.76. The van der Waals surface area contributed by atoms with Crippen LogP contribution in [0.15, 0.2) is 35.5 Å². The molecule has 2 aromatic rings. The van der Waals surface area contributed by atoms with E-state index in [4.69, 9.17) is 0 Å². The quantitative estimate of drug-likeness (QED) is 0.677. The predicted octanol–water partition coefficient (Wildman–Crippen LogP) is 3.60. The first-order valence-electron chi connectivity index (χ1n) is 10.8. The zero-order valence-corrected chi connectivity index (χ0v) is 18.1. The Morgan fingerprint density at radius 2 is 1.76 bits per heavy atom. The van der Waals surface area contributed by atoms with Gasteiger partial charge < -0.3 is 4.90 Å². The fourth-order valence-corrected chi connectivity index (χ4v) is 5.00. The van der Waals surface area contributed by atoms with Gasteiger partial charge in [0.05, 0.1) is 12.3 Å². The average Bonchev–Trinajstić information content (AvgIpc) is 3.16. The van der Waals surface area contributed by atoms with Crippen LogP contribution in [0.4, 0.5) is 0 Å². The molecule has 4 rings (SSSR count). The first-order chi connectivity index (χ1) is 14.2. The van der Waals surface area contributed by atoms with Crippen LogP contribution in [0.3, 0.4) is 0 Å². The Balaban J connectivity index is 1.48. The zero-order chi connectivity index (χ0) is 20.1. The highest BCUT2D eigenvalue weighted by atomic mass is 32.2. The number of carbonyl (C=O) groups excluding carboxylic acids is 1. The summed E-state index contributed by atoms with van der Waals surface area (Å²) in [5.41, 5.74) is 1.06. The van der Waals surface area contributed by atoms with Crippen molar-refractivity contribution in [3.8, 4) is 5.69 Å². The molecule has 2 aliphatic heterocycles. The second-order valence-corrected chi connectivity index (χ2v) is 9.20. The normalized spacial score (nSPS) is 18.9. The van der Waals surface area contributed by atoms with Crippen LogP contribution in [0.2, 0.25) is 0 Å². The van der Waals surface area contributed by atoms with Crippen molar-refractivity contribution in [1.29, 1.82) is 0 Å².